The van der Waals surface area contributed by atoms with Crippen molar-refractivity contribution in [2.75, 3.05) is 0 Å². The van der Waals surface area contributed by atoms with E-state index in [4.69, 9.17) is 20.9 Å². The average Bonchev–Trinajstić information content (AvgIpc) is 2.20. The van der Waals surface area contributed by atoms with Gasteiger partial charge in [-0.3, -0.25) is 4.79 Å². The van der Waals surface area contributed by atoms with Crippen LogP contribution in [0.4, 0.5) is 0 Å². The van der Waals surface area contributed by atoms with E-state index in [9.17, 15) is 4.79 Å². The van der Waals surface area contributed by atoms with Crippen LogP contribution >= 0.6 is 0 Å². The van der Waals surface area contributed by atoms with Crippen molar-refractivity contribution in [1.29, 1.82) is 0 Å². The molecule has 0 bridgehead atoms. The average molecular weight is 229 g/mol. The summed E-state index contributed by atoms with van der Waals surface area (Å²) in [5.41, 5.74) is 4.73. The fraction of sp³-hybridized carbons (Fsp3) is 0.900. The topological polar surface area (TPSA) is 104 Å². The summed E-state index contributed by atoms with van der Waals surface area (Å²) in [5.74, 6) is -0.425. The first-order valence-electron chi connectivity index (χ1n) is 5.82. The van der Waals surface area contributed by atoms with Gasteiger partial charge in [-0.2, -0.15) is 0 Å². The molecule has 0 saturated heterocycles. The molecule has 0 aromatic heterocycles. The van der Waals surface area contributed by atoms with Gasteiger partial charge in [-0.1, -0.05) is 12.8 Å². The molecule has 5 N–H and O–H groups in total. The molecule has 92 valence electrons. The van der Waals surface area contributed by atoms with Gasteiger partial charge in [0.25, 0.3) is 0 Å². The Morgan fingerprint density at radius 2 is 1.94 bits per heavy atom. The molecule has 0 aromatic rings. The molecule has 0 aliphatic heterocycles. The molecule has 16 heavy (non-hydrogen) atoms. The van der Waals surface area contributed by atoms with Crippen LogP contribution in [-0.4, -0.2) is 33.8 Å². The maximum Gasteiger partial charge on any atom is 0.451 e. The lowest BCUT2D eigenvalue weighted by molar-refractivity contribution is -0.145. The van der Waals surface area contributed by atoms with Crippen molar-refractivity contribution in [3.8, 4) is 0 Å². The highest BCUT2D eigenvalue weighted by Gasteiger charge is 2.37. The van der Waals surface area contributed by atoms with Gasteiger partial charge in [0.15, 0.2) is 0 Å². The molecule has 0 aromatic carbocycles. The molecule has 0 spiro atoms. The van der Waals surface area contributed by atoms with E-state index < -0.39 is 18.6 Å². The predicted octanol–water partition coefficient (Wildman–Crippen LogP) is 0.212. The minimum atomic E-state index is -1.23. The summed E-state index contributed by atoms with van der Waals surface area (Å²) in [7, 11) is -1.23. The maximum atomic E-state index is 10.9. The summed E-state index contributed by atoms with van der Waals surface area (Å²) < 4.78 is 0. The molecule has 1 saturated carbocycles. The molecular formula is C10H20BNO4. The zero-order chi connectivity index (χ0) is 12.2. The summed E-state index contributed by atoms with van der Waals surface area (Å²) in [5, 5.41) is 26.3. The van der Waals surface area contributed by atoms with Crippen molar-refractivity contribution in [3.63, 3.8) is 0 Å². The quantitative estimate of drug-likeness (QED) is 0.504. The van der Waals surface area contributed by atoms with Crippen molar-refractivity contribution < 1.29 is 19.9 Å². The summed E-state index contributed by atoms with van der Waals surface area (Å²) in [6.07, 6.45) is 4.78. The first-order chi connectivity index (χ1) is 7.44. The van der Waals surface area contributed by atoms with E-state index in [1.165, 1.54) is 0 Å². The highest BCUT2D eigenvalue weighted by atomic mass is 16.4. The lowest BCUT2D eigenvalue weighted by Gasteiger charge is -2.33. The Bertz CT molecular complexity index is 239. The minimum Gasteiger partial charge on any atom is -0.480 e. The first-order valence-corrected chi connectivity index (χ1v) is 5.82. The van der Waals surface area contributed by atoms with Gasteiger partial charge in [-0.05, 0) is 37.9 Å². The second kappa shape index (κ2) is 5.66. The van der Waals surface area contributed by atoms with Crippen molar-refractivity contribution in [3.05, 3.63) is 0 Å². The highest BCUT2D eigenvalue weighted by molar-refractivity contribution is 6.40. The zero-order valence-electron chi connectivity index (χ0n) is 9.43. The van der Waals surface area contributed by atoms with Crippen LogP contribution in [0, 0.1) is 5.92 Å². The predicted molar refractivity (Wildman–Crippen MR) is 60.7 cm³/mol. The van der Waals surface area contributed by atoms with Gasteiger partial charge in [0, 0.05) is 0 Å². The van der Waals surface area contributed by atoms with E-state index >= 15 is 0 Å². The van der Waals surface area contributed by atoms with Gasteiger partial charge in [0.05, 0.1) is 0 Å². The van der Waals surface area contributed by atoms with E-state index in [1.807, 2.05) is 0 Å². The highest BCUT2D eigenvalue weighted by Crippen LogP contribution is 2.33. The van der Waals surface area contributed by atoms with E-state index in [-0.39, 0.29) is 0 Å². The Hall–Kier alpha value is -0.585. The molecule has 0 unspecified atom stereocenters. The Labute approximate surface area is 95.8 Å². The summed E-state index contributed by atoms with van der Waals surface area (Å²) in [6.45, 7) is 0. The number of rotatable bonds is 5. The van der Waals surface area contributed by atoms with Crippen molar-refractivity contribution in [2.24, 2.45) is 11.7 Å². The Morgan fingerprint density at radius 1 is 1.38 bits per heavy atom. The zero-order valence-corrected chi connectivity index (χ0v) is 9.43. The van der Waals surface area contributed by atoms with Crippen LogP contribution in [0.5, 0.6) is 0 Å². The fourth-order valence-corrected chi connectivity index (χ4v) is 2.28. The third kappa shape index (κ3) is 3.77. The molecule has 5 nitrogen and oxygen atoms in total. The number of nitrogens with two attached hydrogens (primary N) is 1. The van der Waals surface area contributed by atoms with E-state index in [1.54, 1.807) is 0 Å². The van der Waals surface area contributed by atoms with Crippen LogP contribution in [0.2, 0.25) is 6.32 Å². The van der Waals surface area contributed by atoms with Crippen molar-refractivity contribution in [1.82, 2.24) is 0 Å². The number of carboxylic acids is 1. The van der Waals surface area contributed by atoms with Crippen LogP contribution in [-0.2, 0) is 4.79 Å². The summed E-state index contributed by atoms with van der Waals surface area (Å²) in [4.78, 5) is 10.9. The minimum absolute atomic E-state index is 0.392. The second-order valence-corrected chi connectivity index (χ2v) is 4.82. The number of aliphatic carboxylic acids is 1. The third-order valence-electron chi connectivity index (χ3n) is 3.50. The van der Waals surface area contributed by atoms with Crippen LogP contribution < -0.4 is 5.73 Å². The Balaban J connectivity index is 2.24. The molecule has 1 fully saturated rings. The van der Waals surface area contributed by atoms with Gasteiger partial charge in [0.1, 0.15) is 5.54 Å². The molecule has 1 aliphatic carbocycles. The first kappa shape index (κ1) is 13.5. The standard InChI is InChI=1S/C10H20BNO4/c12-10(9(13)14)5-3-8(4-6-10)2-1-7-11(15)16/h8,15-16H,1-7,12H2,(H,13,14). The lowest BCUT2D eigenvalue weighted by Crippen LogP contribution is -2.50. The molecular weight excluding hydrogens is 209 g/mol. The van der Waals surface area contributed by atoms with Crippen molar-refractivity contribution >= 4 is 13.1 Å². The molecule has 0 radical (unpaired) electrons. The second-order valence-electron chi connectivity index (χ2n) is 4.82. The monoisotopic (exact) mass is 229 g/mol. The van der Waals surface area contributed by atoms with E-state index in [2.05, 4.69) is 0 Å². The molecule has 0 amide bonds. The van der Waals surface area contributed by atoms with Gasteiger partial charge in [0.2, 0.25) is 0 Å². The normalized spacial score (nSPS) is 30.1. The maximum absolute atomic E-state index is 10.9. The van der Waals surface area contributed by atoms with Gasteiger partial charge in [-0.15, -0.1) is 0 Å². The van der Waals surface area contributed by atoms with Crippen LogP contribution in [0.3, 0.4) is 0 Å². The summed E-state index contributed by atoms with van der Waals surface area (Å²) in [6, 6.07) is 0. The molecule has 0 atom stereocenters. The van der Waals surface area contributed by atoms with Gasteiger partial charge >= 0.3 is 13.1 Å². The number of carboxylic acid groups (broad SMARTS) is 1. The smallest absolute Gasteiger partial charge is 0.451 e. The van der Waals surface area contributed by atoms with E-state index in [0.29, 0.717) is 25.1 Å². The number of hydrogen-bond acceptors (Lipinski definition) is 4. The Morgan fingerprint density at radius 3 is 2.38 bits per heavy atom. The van der Waals surface area contributed by atoms with Crippen LogP contribution in [0.1, 0.15) is 38.5 Å². The molecule has 1 rings (SSSR count). The fourth-order valence-electron chi connectivity index (χ4n) is 2.28. The van der Waals surface area contributed by atoms with Crippen LogP contribution in [0.25, 0.3) is 0 Å². The van der Waals surface area contributed by atoms with Crippen molar-refractivity contribution in [2.45, 2.75) is 50.4 Å². The Kier molecular flexibility index (Phi) is 4.77. The summed E-state index contributed by atoms with van der Waals surface area (Å²) >= 11 is 0. The van der Waals surface area contributed by atoms with Gasteiger partial charge in [-0.25, -0.2) is 0 Å². The molecule has 6 heteroatoms. The van der Waals surface area contributed by atoms with Gasteiger partial charge < -0.3 is 20.9 Å². The molecule has 1 aliphatic rings. The number of hydrogen-bond donors (Lipinski definition) is 4. The van der Waals surface area contributed by atoms with E-state index in [0.717, 1.165) is 25.7 Å². The number of carbonyl (C=O) groups is 1. The SMILES string of the molecule is NC1(C(=O)O)CCC(CCCB(O)O)CC1. The van der Waals surface area contributed by atoms with Crippen LogP contribution in [0.15, 0.2) is 0 Å². The largest absolute Gasteiger partial charge is 0.480 e. The lowest BCUT2D eigenvalue weighted by atomic mass is 9.74. The molecule has 0 heterocycles. The third-order valence-corrected chi connectivity index (χ3v) is 3.50.